The number of thiophene rings is 1. The minimum absolute atomic E-state index is 0.139. The van der Waals surface area contributed by atoms with Crippen molar-refractivity contribution in [1.82, 2.24) is 4.98 Å². The highest BCUT2D eigenvalue weighted by molar-refractivity contribution is 9.11. The van der Waals surface area contributed by atoms with E-state index in [9.17, 15) is 8.42 Å². The van der Waals surface area contributed by atoms with Crippen molar-refractivity contribution in [2.45, 2.75) is 4.21 Å². The molecule has 17 heavy (non-hydrogen) atoms. The topological polar surface area (TPSA) is 59.1 Å². The van der Waals surface area contributed by atoms with Gasteiger partial charge in [0.2, 0.25) is 0 Å². The van der Waals surface area contributed by atoms with Crippen molar-refractivity contribution >= 4 is 54.7 Å². The summed E-state index contributed by atoms with van der Waals surface area (Å²) in [5.74, 6) is 0.271. The van der Waals surface area contributed by atoms with Gasteiger partial charge in [-0.25, -0.2) is 13.4 Å². The largest absolute Gasteiger partial charge is 0.272 e. The first-order valence-corrected chi connectivity index (χ1v) is 7.85. The Bertz CT molecular complexity index is 608. The van der Waals surface area contributed by atoms with Crippen molar-refractivity contribution in [3.8, 4) is 0 Å². The Morgan fingerprint density at radius 1 is 1.41 bits per heavy atom. The third-order valence-electron chi connectivity index (χ3n) is 1.79. The number of aromatic nitrogens is 1. The molecule has 0 fully saturated rings. The molecule has 0 aromatic carbocycles. The number of anilines is 1. The Balaban J connectivity index is 2.32. The van der Waals surface area contributed by atoms with Gasteiger partial charge in [0.15, 0.2) is 0 Å². The summed E-state index contributed by atoms with van der Waals surface area (Å²) in [6, 6.07) is 6.36. The SMILES string of the molecule is O=S(=O)(Nc1ccccn1)c1cc(Cl)c(Br)s1. The number of nitrogens with one attached hydrogen (secondary N) is 1. The summed E-state index contributed by atoms with van der Waals surface area (Å²) in [4.78, 5) is 3.89. The Morgan fingerprint density at radius 3 is 2.71 bits per heavy atom. The molecule has 0 amide bonds. The van der Waals surface area contributed by atoms with Gasteiger partial charge in [-0.2, -0.15) is 0 Å². The van der Waals surface area contributed by atoms with Gasteiger partial charge in [-0.1, -0.05) is 17.7 Å². The van der Waals surface area contributed by atoms with E-state index in [-0.39, 0.29) is 10.0 Å². The van der Waals surface area contributed by atoms with E-state index in [4.69, 9.17) is 11.6 Å². The van der Waals surface area contributed by atoms with E-state index in [0.717, 1.165) is 11.3 Å². The lowest BCUT2D eigenvalue weighted by atomic mass is 10.5. The van der Waals surface area contributed by atoms with Crippen molar-refractivity contribution in [3.05, 3.63) is 39.3 Å². The first-order valence-electron chi connectivity index (χ1n) is 4.38. The molecule has 0 radical (unpaired) electrons. The van der Waals surface area contributed by atoms with Crippen LogP contribution < -0.4 is 4.72 Å². The van der Waals surface area contributed by atoms with E-state index in [1.165, 1.54) is 12.3 Å². The van der Waals surface area contributed by atoms with E-state index in [0.29, 0.717) is 8.81 Å². The standard InChI is InChI=1S/C9H6BrClN2O2S2/c10-9-6(11)5-8(16-9)17(14,15)13-7-3-1-2-4-12-7/h1-5H,(H,12,13). The molecule has 2 rings (SSSR count). The van der Waals surface area contributed by atoms with Crippen LogP contribution >= 0.6 is 38.9 Å². The molecule has 0 bridgehead atoms. The molecule has 0 aliphatic heterocycles. The molecular weight excluding hydrogens is 348 g/mol. The number of hydrogen-bond donors (Lipinski definition) is 1. The van der Waals surface area contributed by atoms with E-state index in [2.05, 4.69) is 25.6 Å². The molecule has 0 spiro atoms. The molecule has 2 aromatic heterocycles. The molecule has 0 unspecified atom stereocenters. The molecule has 0 saturated heterocycles. The third kappa shape index (κ3) is 2.98. The van der Waals surface area contributed by atoms with Crippen molar-refractivity contribution in [2.75, 3.05) is 4.72 Å². The maximum Gasteiger partial charge on any atom is 0.272 e. The van der Waals surface area contributed by atoms with Crippen LogP contribution in [0.5, 0.6) is 0 Å². The van der Waals surface area contributed by atoms with E-state index >= 15 is 0 Å². The number of nitrogens with zero attached hydrogens (tertiary/aromatic N) is 1. The summed E-state index contributed by atoms with van der Waals surface area (Å²) >= 11 is 10.0. The Hall–Kier alpha value is -0.630. The predicted octanol–water partition coefficient (Wildman–Crippen LogP) is 3.36. The summed E-state index contributed by atoms with van der Waals surface area (Å²) < 4.78 is 27.0. The van der Waals surface area contributed by atoms with Gasteiger partial charge in [0.05, 0.1) is 8.81 Å². The van der Waals surface area contributed by atoms with Crippen LogP contribution in [0.2, 0.25) is 5.02 Å². The molecule has 0 aliphatic rings. The van der Waals surface area contributed by atoms with Crippen LogP contribution in [0, 0.1) is 0 Å². The number of pyridine rings is 1. The fourth-order valence-corrected chi connectivity index (χ4v) is 4.48. The maximum atomic E-state index is 11.9. The van der Waals surface area contributed by atoms with Gasteiger partial charge in [-0.15, -0.1) is 11.3 Å². The zero-order valence-electron chi connectivity index (χ0n) is 8.22. The van der Waals surface area contributed by atoms with Crippen LogP contribution in [0.3, 0.4) is 0 Å². The fraction of sp³-hybridized carbons (Fsp3) is 0. The number of halogens is 2. The lowest BCUT2D eigenvalue weighted by Crippen LogP contribution is -2.12. The average Bonchev–Trinajstić information content (AvgIpc) is 2.61. The van der Waals surface area contributed by atoms with Crippen molar-refractivity contribution in [1.29, 1.82) is 0 Å². The minimum Gasteiger partial charge on any atom is -0.263 e. The van der Waals surface area contributed by atoms with Crippen molar-refractivity contribution < 1.29 is 8.42 Å². The van der Waals surface area contributed by atoms with Gasteiger partial charge in [0, 0.05) is 6.20 Å². The maximum absolute atomic E-state index is 11.9. The Kier molecular flexibility index (Phi) is 3.72. The van der Waals surface area contributed by atoms with E-state index in [1.807, 2.05) is 0 Å². The van der Waals surface area contributed by atoms with Gasteiger partial charge in [-0.05, 0) is 34.1 Å². The molecule has 0 aliphatic carbocycles. The second kappa shape index (κ2) is 4.93. The molecule has 8 heteroatoms. The normalized spacial score (nSPS) is 11.4. The molecular formula is C9H6BrClN2O2S2. The first kappa shape index (κ1) is 12.8. The monoisotopic (exact) mass is 352 g/mol. The van der Waals surface area contributed by atoms with Crippen molar-refractivity contribution in [2.24, 2.45) is 0 Å². The predicted molar refractivity (Wildman–Crippen MR) is 72.1 cm³/mol. The van der Waals surface area contributed by atoms with Gasteiger partial charge in [0.1, 0.15) is 10.0 Å². The van der Waals surface area contributed by atoms with Gasteiger partial charge in [0.25, 0.3) is 10.0 Å². The van der Waals surface area contributed by atoms with Gasteiger partial charge in [-0.3, -0.25) is 4.72 Å². The summed E-state index contributed by atoms with van der Waals surface area (Å²) in [6.07, 6.45) is 1.51. The fourth-order valence-electron chi connectivity index (χ4n) is 1.07. The van der Waals surface area contributed by atoms with Crippen LogP contribution in [-0.2, 0) is 10.0 Å². The lowest BCUT2D eigenvalue weighted by molar-refractivity contribution is 0.603. The Labute approximate surface area is 116 Å². The summed E-state index contributed by atoms with van der Waals surface area (Å²) in [7, 11) is -3.62. The van der Waals surface area contributed by atoms with Gasteiger partial charge < -0.3 is 0 Å². The highest BCUT2D eigenvalue weighted by Gasteiger charge is 2.19. The van der Waals surface area contributed by atoms with Crippen LogP contribution in [0.4, 0.5) is 5.82 Å². The van der Waals surface area contributed by atoms with E-state index < -0.39 is 10.0 Å². The van der Waals surface area contributed by atoms with Crippen LogP contribution in [0.25, 0.3) is 0 Å². The lowest BCUT2D eigenvalue weighted by Gasteiger charge is -2.03. The van der Waals surface area contributed by atoms with Crippen LogP contribution in [0.1, 0.15) is 0 Å². The molecule has 1 N–H and O–H groups in total. The molecule has 0 atom stereocenters. The van der Waals surface area contributed by atoms with Gasteiger partial charge >= 0.3 is 0 Å². The minimum atomic E-state index is -3.62. The molecule has 2 heterocycles. The third-order valence-corrected chi connectivity index (χ3v) is 6.09. The summed E-state index contributed by atoms with van der Waals surface area (Å²) in [5, 5.41) is 0.372. The van der Waals surface area contributed by atoms with Crippen LogP contribution in [0.15, 0.2) is 38.5 Å². The second-order valence-corrected chi connectivity index (χ2v) is 7.69. The summed E-state index contributed by atoms with van der Waals surface area (Å²) in [6.45, 7) is 0. The number of sulfonamides is 1. The average molecular weight is 354 g/mol. The zero-order chi connectivity index (χ0) is 12.5. The molecule has 2 aromatic rings. The smallest absolute Gasteiger partial charge is 0.263 e. The molecule has 0 saturated carbocycles. The highest BCUT2D eigenvalue weighted by Crippen LogP contribution is 2.35. The summed E-state index contributed by atoms with van der Waals surface area (Å²) in [5.41, 5.74) is 0. The van der Waals surface area contributed by atoms with E-state index in [1.54, 1.807) is 18.2 Å². The second-order valence-electron chi connectivity index (χ2n) is 3.01. The molecule has 90 valence electrons. The zero-order valence-corrected chi connectivity index (χ0v) is 12.2. The first-order chi connectivity index (χ1) is 7.99. The Morgan fingerprint density at radius 2 is 2.18 bits per heavy atom. The number of hydrogen-bond acceptors (Lipinski definition) is 4. The molecule has 4 nitrogen and oxygen atoms in total. The highest BCUT2D eigenvalue weighted by atomic mass is 79.9. The quantitative estimate of drug-likeness (QED) is 0.920. The van der Waals surface area contributed by atoms with Crippen molar-refractivity contribution in [3.63, 3.8) is 0 Å². The number of rotatable bonds is 3. The van der Waals surface area contributed by atoms with Crippen LogP contribution in [-0.4, -0.2) is 13.4 Å².